The number of nitrogens with one attached hydrogen (secondary N) is 2. The van der Waals surface area contributed by atoms with Gasteiger partial charge in [0.25, 0.3) is 0 Å². The number of nitrogens with zero attached hydrogens (tertiary/aromatic N) is 1. The second kappa shape index (κ2) is 11.7. The lowest BCUT2D eigenvalue weighted by Crippen LogP contribution is -2.44. The minimum Gasteiger partial charge on any atom is -0.355 e. The van der Waals surface area contributed by atoms with Crippen LogP contribution >= 0.6 is 51.7 Å². The molecule has 25 heavy (non-hydrogen) atoms. The highest BCUT2D eigenvalue weighted by molar-refractivity contribution is 14.0. The van der Waals surface area contributed by atoms with E-state index < -0.39 is 9.84 Å². The van der Waals surface area contributed by atoms with E-state index in [-0.39, 0.29) is 40.2 Å². The molecule has 0 saturated carbocycles. The Kier molecular flexibility index (Phi) is 11.7. The van der Waals surface area contributed by atoms with Crippen molar-refractivity contribution in [3.63, 3.8) is 0 Å². The van der Waals surface area contributed by atoms with Crippen LogP contribution in [0.4, 0.5) is 0 Å². The van der Waals surface area contributed by atoms with E-state index in [1.54, 1.807) is 25.7 Å². The highest BCUT2D eigenvalue weighted by Crippen LogP contribution is 2.32. The fourth-order valence-electron chi connectivity index (χ4n) is 1.84. The van der Waals surface area contributed by atoms with Crippen LogP contribution in [0, 0.1) is 0 Å². The zero-order valence-electron chi connectivity index (χ0n) is 15.0. The molecule has 0 spiro atoms. The fourth-order valence-corrected chi connectivity index (χ4v) is 3.86. The van der Waals surface area contributed by atoms with Crippen molar-refractivity contribution in [2.24, 2.45) is 4.99 Å². The van der Waals surface area contributed by atoms with Crippen LogP contribution < -0.4 is 10.6 Å². The van der Waals surface area contributed by atoms with Crippen molar-refractivity contribution >= 4 is 67.5 Å². The van der Waals surface area contributed by atoms with Gasteiger partial charge in [-0.2, -0.15) is 0 Å². The summed E-state index contributed by atoms with van der Waals surface area (Å²) in [7, 11) is -1.29. The number of rotatable bonds is 8. The van der Waals surface area contributed by atoms with Crippen LogP contribution in [0.5, 0.6) is 0 Å². The molecular formula is C16H27BrIN3O2S2. The number of thioether (sulfide) groups is 1. The Morgan fingerprint density at radius 2 is 1.84 bits per heavy atom. The second-order valence-electron chi connectivity index (χ2n) is 5.90. The molecule has 0 atom stereocenters. The zero-order valence-corrected chi connectivity index (χ0v) is 20.6. The molecule has 0 heterocycles. The molecule has 0 fully saturated rings. The summed E-state index contributed by atoms with van der Waals surface area (Å²) < 4.78 is 24.0. The quantitative estimate of drug-likeness (QED) is 0.219. The molecule has 144 valence electrons. The number of halogens is 2. The summed E-state index contributed by atoms with van der Waals surface area (Å²) in [6.07, 6.45) is 0. The topological polar surface area (TPSA) is 70.6 Å². The smallest absolute Gasteiger partial charge is 0.191 e. The number of benzene rings is 1. The van der Waals surface area contributed by atoms with E-state index in [4.69, 9.17) is 0 Å². The van der Waals surface area contributed by atoms with E-state index in [0.29, 0.717) is 19.0 Å². The van der Waals surface area contributed by atoms with Crippen molar-refractivity contribution in [2.45, 2.75) is 30.4 Å². The maximum absolute atomic E-state index is 11.5. The highest BCUT2D eigenvalue weighted by atomic mass is 127. The average molecular weight is 564 g/mol. The average Bonchev–Trinajstić information content (AvgIpc) is 2.52. The molecule has 0 aliphatic carbocycles. The largest absolute Gasteiger partial charge is 0.355 e. The van der Waals surface area contributed by atoms with E-state index >= 15 is 0 Å². The Morgan fingerprint density at radius 3 is 2.36 bits per heavy atom. The van der Waals surface area contributed by atoms with E-state index in [2.05, 4.69) is 57.5 Å². The van der Waals surface area contributed by atoms with Crippen LogP contribution in [0.25, 0.3) is 0 Å². The molecule has 1 aromatic carbocycles. The van der Waals surface area contributed by atoms with Gasteiger partial charge in [0.1, 0.15) is 0 Å². The number of hydrogen-bond donors (Lipinski definition) is 2. The van der Waals surface area contributed by atoms with E-state index in [0.717, 1.165) is 4.47 Å². The number of sulfone groups is 1. The highest BCUT2D eigenvalue weighted by Gasteiger charge is 2.20. The molecule has 1 rings (SSSR count). The predicted molar refractivity (Wildman–Crippen MR) is 123 cm³/mol. The molecule has 0 unspecified atom stereocenters. The lowest BCUT2D eigenvalue weighted by Gasteiger charge is -2.25. The van der Waals surface area contributed by atoms with Crippen molar-refractivity contribution in [1.29, 1.82) is 0 Å². The first-order valence-electron chi connectivity index (χ1n) is 7.77. The SMILES string of the molecule is CCS(=O)(=O)CCNC(=NC)NCC(C)(C)Sc1ccc(Br)cc1.I. The predicted octanol–water partition coefficient (Wildman–Crippen LogP) is 3.54. The molecule has 0 saturated heterocycles. The molecule has 0 amide bonds. The van der Waals surface area contributed by atoms with Gasteiger partial charge in [-0.15, -0.1) is 35.7 Å². The fraction of sp³-hybridized carbons (Fsp3) is 0.562. The molecule has 1 aromatic rings. The van der Waals surface area contributed by atoms with Gasteiger partial charge in [-0.25, -0.2) is 8.42 Å². The van der Waals surface area contributed by atoms with Gasteiger partial charge in [0.15, 0.2) is 15.8 Å². The Labute approximate surface area is 181 Å². The summed E-state index contributed by atoms with van der Waals surface area (Å²) in [5.74, 6) is 0.893. The van der Waals surface area contributed by atoms with Gasteiger partial charge in [-0.1, -0.05) is 22.9 Å². The third-order valence-electron chi connectivity index (χ3n) is 3.26. The van der Waals surface area contributed by atoms with Crippen LogP contribution in [-0.2, 0) is 9.84 Å². The summed E-state index contributed by atoms with van der Waals surface area (Å²) in [6, 6.07) is 8.22. The third kappa shape index (κ3) is 10.7. The van der Waals surface area contributed by atoms with Gasteiger partial charge < -0.3 is 10.6 Å². The lowest BCUT2D eigenvalue weighted by molar-refractivity contribution is 0.595. The third-order valence-corrected chi connectivity index (χ3v) is 6.70. The van der Waals surface area contributed by atoms with Crippen LogP contribution in [0.15, 0.2) is 38.6 Å². The maximum atomic E-state index is 11.5. The molecule has 0 aromatic heterocycles. The first kappa shape index (κ1) is 25.0. The van der Waals surface area contributed by atoms with Gasteiger partial charge >= 0.3 is 0 Å². The summed E-state index contributed by atoms with van der Waals surface area (Å²) in [4.78, 5) is 5.34. The Bertz CT molecular complexity index is 650. The first-order chi connectivity index (χ1) is 11.2. The van der Waals surface area contributed by atoms with Crippen LogP contribution in [-0.4, -0.2) is 50.8 Å². The molecular weight excluding hydrogens is 537 g/mol. The van der Waals surface area contributed by atoms with Crippen molar-refractivity contribution < 1.29 is 8.42 Å². The molecule has 0 bridgehead atoms. The maximum Gasteiger partial charge on any atom is 0.191 e. The number of hydrogen-bond acceptors (Lipinski definition) is 4. The molecule has 9 heteroatoms. The van der Waals surface area contributed by atoms with E-state index in [1.807, 2.05) is 12.1 Å². The molecule has 2 N–H and O–H groups in total. The van der Waals surface area contributed by atoms with Gasteiger partial charge in [-0.05, 0) is 38.1 Å². The van der Waals surface area contributed by atoms with Crippen LogP contribution in [0.3, 0.4) is 0 Å². The first-order valence-corrected chi connectivity index (χ1v) is 11.2. The molecule has 0 aliphatic heterocycles. The van der Waals surface area contributed by atoms with Gasteiger partial charge in [0.2, 0.25) is 0 Å². The molecule has 5 nitrogen and oxygen atoms in total. The minimum absolute atomic E-state index is 0. The van der Waals surface area contributed by atoms with Gasteiger partial charge in [0.05, 0.1) is 5.75 Å². The molecule has 0 radical (unpaired) electrons. The normalized spacial score (nSPS) is 12.4. The number of aliphatic imine (C=N–C) groups is 1. The minimum atomic E-state index is -2.96. The van der Waals surface area contributed by atoms with E-state index in [9.17, 15) is 8.42 Å². The summed E-state index contributed by atoms with van der Waals surface area (Å²) in [6.45, 7) is 7.03. The standard InChI is InChI=1S/C16H26BrN3O2S2.HI/c1-5-24(21,22)11-10-19-15(18-4)20-12-16(2,3)23-14-8-6-13(17)7-9-14;/h6-9H,5,10-12H2,1-4H3,(H2,18,19,20);1H. The van der Waals surface area contributed by atoms with Crippen molar-refractivity contribution in [3.8, 4) is 0 Å². The Morgan fingerprint density at radius 1 is 1.24 bits per heavy atom. The Hall–Kier alpha value is -0.000000000000000111. The summed E-state index contributed by atoms with van der Waals surface area (Å²) >= 11 is 5.22. The summed E-state index contributed by atoms with van der Waals surface area (Å²) in [5.41, 5.74) is 0. The van der Waals surface area contributed by atoms with Crippen molar-refractivity contribution in [1.82, 2.24) is 10.6 Å². The molecule has 0 aliphatic rings. The van der Waals surface area contributed by atoms with Crippen molar-refractivity contribution in [3.05, 3.63) is 28.7 Å². The zero-order chi connectivity index (χ0) is 18.2. The van der Waals surface area contributed by atoms with Crippen molar-refractivity contribution in [2.75, 3.05) is 31.6 Å². The number of guanidine groups is 1. The van der Waals surface area contributed by atoms with E-state index in [1.165, 1.54) is 4.90 Å². The summed E-state index contributed by atoms with van der Waals surface area (Å²) in [5, 5.41) is 6.31. The lowest BCUT2D eigenvalue weighted by atomic mass is 10.2. The monoisotopic (exact) mass is 563 g/mol. The van der Waals surface area contributed by atoms with Crippen LogP contribution in [0.1, 0.15) is 20.8 Å². The van der Waals surface area contributed by atoms with Crippen LogP contribution in [0.2, 0.25) is 0 Å². The van der Waals surface area contributed by atoms with Gasteiger partial charge in [-0.3, -0.25) is 4.99 Å². The Balaban J connectivity index is 0.00000576. The second-order valence-corrected chi connectivity index (χ2v) is 11.1. The van der Waals surface area contributed by atoms with Gasteiger partial charge in [0, 0.05) is 40.0 Å².